The molecule has 4 aliphatic carbocycles. The zero-order valence-electron chi connectivity index (χ0n) is 21.9. The Hall–Kier alpha value is -4.55. The first-order chi connectivity index (χ1) is 19.9. The number of alkyl halides is 3. The van der Waals surface area contributed by atoms with Gasteiger partial charge in [-0.1, -0.05) is 6.92 Å². The summed E-state index contributed by atoms with van der Waals surface area (Å²) in [5.74, 6) is -1.14. The Labute approximate surface area is 234 Å². The summed E-state index contributed by atoms with van der Waals surface area (Å²) in [6, 6.07) is 5.17. The molecule has 1 amide bonds. The molecule has 0 aliphatic heterocycles. The number of nitrogen functional groups attached to an aromatic ring is 1. The molecule has 7 atom stereocenters. The van der Waals surface area contributed by atoms with Gasteiger partial charge in [0.25, 0.3) is 5.91 Å². The Morgan fingerprint density at radius 2 is 1.90 bits per heavy atom. The number of anilines is 2. The van der Waals surface area contributed by atoms with Crippen LogP contribution >= 0.6 is 0 Å². The summed E-state index contributed by atoms with van der Waals surface area (Å²) in [7, 11) is 0. The van der Waals surface area contributed by atoms with Gasteiger partial charge in [-0.15, -0.1) is 0 Å². The van der Waals surface area contributed by atoms with Crippen molar-refractivity contribution in [2.45, 2.75) is 24.9 Å². The predicted molar refractivity (Wildman–Crippen MR) is 139 cm³/mol. The minimum Gasteiger partial charge on any atom is -0.481 e. The number of carboxylic acids is 1. The van der Waals surface area contributed by atoms with E-state index in [-0.39, 0.29) is 63.5 Å². The van der Waals surface area contributed by atoms with Gasteiger partial charge in [-0.25, -0.2) is 19.3 Å². The highest BCUT2D eigenvalue weighted by molar-refractivity contribution is 6.04. The van der Waals surface area contributed by atoms with Gasteiger partial charge in [-0.3, -0.25) is 14.0 Å². The minimum absolute atomic E-state index is 0.0742. The number of fused-ring (bicyclic) bond motifs is 3. The first-order valence-corrected chi connectivity index (χ1v) is 13.4. The molecule has 7 unspecified atom stereocenters. The maximum absolute atomic E-state index is 15.7. The fourth-order valence-electron chi connectivity index (χ4n) is 9.11. The third kappa shape index (κ3) is 2.67. The van der Waals surface area contributed by atoms with Crippen LogP contribution in [0.15, 0.2) is 48.9 Å². The van der Waals surface area contributed by atoms with Gasteiger partial charge in [0, 0.05) is 35.1 Å². The maximum atomic E-state index is 15.7. The monoisotopic (exact) mass is 578 g/mol. The van der Waals surface area contributed by atoms with E-state index in [0.29, 0.717) is 23.8 Å². The lowest BCUT2D eigenvalue weighted by atomic mass is 9.07. The van der Waals surface area contributed by atoms with Crippen LogP contribution < -0.4 is 11.1 Å². The number of amides is 1. The highest BCUT2D eigenvalue weighted by Crippen LogP contribution is 2.96. The molecule has 4 aliphatic rings. The number of hydrogen-bond donors (Lipinski definition) is 3. The third-order valence-corrected chi connectivity index (χ3v) is 10.6. The first kappa shape index (κ1) is 25.2. The minimum atomic E-state index is -4.62. The Kier molecular flexibility index (Phi) is 4.58. The predicted octanol–water partition coefficient (Wildman–Crippen LogP) is 4.64. The number of carboxylic acid groups (broad SMARTS) is 1. The Bertz CT molecular complexity index is 1870. The fraction of sp³-hybridized carbons (Fsp3) is 0.345. The summed E-state index contributed by atoms with van der Waals surface area (Å²) in [5.41, 5.74) is 4.94. The van der Waals surface area contributed by atoms with E-state index in [4.69, 9.17) is 10.7 Å². The molecule has 0 radical (unpaired) electrons. The topological polar surface area (TPSA) is 135 Å². The second-order valence-corrected chi connectivity index (χ2v) is 11.8. The average molecular weight is 579 g/mol. The number of carbonyl (C=O) groups is 2. The Balaban J connectivity index is 1.15. The van der Waals surface area contributed by atoms with Crippen LogP contribution in [0.5, 0.6) is 0 Å². The van der Waals surface area contributed by atoms with Gasteiger partial charge in [0.15, 0.2) is 0 Å². The van der Waals surface area contributed by atoms with Crippen molar-refractivity contribution in [1.82, 2.24) is 19.4 Å². The number of halogens is 4. The largest absolute Gasteiger partial charge is 0.481 e. The number of nitrogens with zero attached hydrogens (tertiary/aromatic N) is 4. The lowest BCUT2D eigenvalue weighted by Gasteiger charge is -2.95. The normalized spacial score (nSPS) is 31.7. The maximum Gasteiger partial charge on any atom is 0.416 e. The van der Waals surface area contributed by atoms with Gasteiger partial charge < -0.3 is 16.2 Å². The second kappa shape index (κ2) is 7.64. The van der Waals surface area contributed by atoms with E-state index in [2.05, 4.69) is 22.2 Å². The Morgan fingerprint density at radius 1 is 1.12 bits per heavy atom. The molecule has 13 heteroatoms. The van der Waals surface area contributed by atoms with Gasteiger partial charge in [0.05, 0.1) is 11.0 Å². The Morgan fingerprint density at radius 3 is 2.55 bits per heavy atom. The number of nitrogens with one attached hydrogen (secondary N) is 1. The molecule has 9 nitrogen and oxygen atoms in total. The van der Waals surface area contributed by atoms with Gasteiger partial charge in [-0.05, 0) is 66.3 Å². The number of imidazole rings is 1. The molecule has 0 spiro atoms. The van der Waals surface area contributed by atoms with E-state index in [1.54, 1.807) is 12.4 Å². The molecule has 3 aromatic heterocycles. The fourth-order valence-corrected chi connectivity index (χ4v) is 9.11. The van der Waals surface area contributed by atoms with Crippen molar-refractivity contribution in [3.63, 3.8) is 0 Å². The number of aliphatic carboxylic acids is 1. The van der Waals surface area contributed by atoms with Crippen LogP contribution in [0.3, 0.4) is 0 Å². The van der Waals surface area contributed by atoms with E-state index >= 15 is 4.39 Å². The van der Waals surface area contributed by atoms with Gasteiger partial charge >= 0.3 is 12.1 Å². The smallest absolute Gasteiger partial charge is 0.416 e. The summed E-state index contributed by atoms with van der Waals surface area (Å²) in [4.78, 5) is 37.7. The number of nitrogens with two attached hydrogens (primary N) is 1. The standard InChI is InChI=1S/C29H22F4N6O3/c1-11-18-20-19-15(10-27(18,19)26(41)42)28(11,20)25-38-21(22-23(34)36-6-7-39(22)25)14-3-2-12(8-16(14)30)24(40)37-17-9-13(4-5-35-17)29(31,32)33/h2-9,11,15,18-20H,10H2,1H3,(H2,34,36)(H,41,42)(H,35,37,40). The van der Waals surface area contributed by atoms with E-state index in [0.717, 1.165) is 18.3 Å². The van der Waals surface area contributed by atoms with E-state index in [1.165, 1.54) is 12.1 Å². The molecule has 1 aromatic carbocycles. The average Bonchev–Trinajstić information content (AvgIpc) is 3.32. The number of benzene rings is 1. The molecule has 4 aromatic rings. The summed E-state index contributed by atoms with van der Waals surface area (Å²) in [6.45, 7) is 2.07. The zero-order valence-corrected chi connectivity index (χ0v) is 21.9. The molecule has 42 heavy (non-hydrogen) atoms. The SMILES string of the molecule is CC1C2C3C4C(CC24C(=O)O)C13c1nc(-c2ccc(C(=O)Nc3cc(C(F)(F)F)ccn3)cc2F)c2c(N)nccn12. The van der Waals surface area contributed by atoms with Crippen LogP contribution in [-0.2, 0) is 16.4 Å². The number of hydrogen-bond acceptors (Lipinski definition) is 6. The van der Waals surface area contributed by atoms with E-state index in [9.17, 15) is 27.9 Å². The van der Waals surface area contributed by atoms with E-state index < -0.39 is 34.8 Å². The van der Waals surface area contributed by atoms with E-state index in [1.807, 2.05) is 4.40 Å². The van der Waals surface area contributed by atoms with Gasteiger partial charge in [0.2, 0.25) is 0 Å². The van der Waals surface area contributed by atoms with Crippen LogP contribution in [0, 0.1) is 40.8 Å². The summed E-state index contributed by atoms with van der Waals surface area (Å²) in [5, 5.41) is 12.2. The summed E-state index contributed by atoms with van der Waals surface area (Å²) >= 11 is 0. The zero-order chi connectivity index (χ0) is 29.5. The number of carbonyl (C=O) groups excluding carboxylic acids is 1. The molecule has 8 rings (SSSR count). The summed E-state index contributed by atoms with van der Waals surface area (Å²) in [6.07, 6.45) is 0.171. The molecule has 4 fully saturated rings. The highest BCUT2D eigenvalue weighted by Gasteiger charge is 2.98. The third-order valence-electron chi connectivity index (χ3n) is 10.6. The molecule has 0 bridgehead atoms. The van der Waals surface area contributed by atoms with Crippen molar-refractivity contribution < 1.29 is 32.3 Å². The van der Waals surface area contributed by atoms with Crippen LogP contribution in [-0.4, -0.2) is 36.3 Å². The van der Waals surface area contributed by atoms with Crippen molar-refractivity contribution in [2.75, 3.05) is 11.1 Å². The van der Waals surface area contributed by atoms with Crippen molar-refractivity contribution in [3.05, 3.63) is 71.7 Å². The molecule has 3 heterocycles. The molecular formula is C29H22F4N6O3. The molecule has 4 saturated carbocycles. The highest BCUT2D eigenvalue weighted by atomic mass is 19.4. The number of pyridine rings is 1. The van der Waals surface area contributed by atoms with Gasteiger partial charge in [-0.2, -0.15) is 13.2 Å². The molecule has 4 N–H and O–H groups in total. The van der Waals surface area contributed by atoms with Crippen molar-refractivity contribution in [2.24, 2.45) is 35.0 Å². The quantitative estimate of drug-likeness (QED) is 0.294. The lowest BCUT2D eigenvalue weighted by Crippen LogP contribution is -2.97. The lowest BCUT2D eigenvalue weighted by molar-refractivity contribution is -0.460. The van der Waals surface area contributed by atoms with Crippen molar-refractivity contribution in [3.8, 4) is 11.3 Å². The first-order valence-electron chi connectivity index (χ1n) is 13.4. The number of aromatic nitrogens is 4. The van der Waals surface area contributed by atoms with Crippen LogP contribution in [0.25, 0.3) is 16.8 Å². The molecular weight excluding hydrogens is 556 g/mol. The molecule has 214 valence electrons. The second-order valence-electron chi connectivity index (χ2n) is 11.8. The van der Waals surface area contributed by atoms with Crippen molar-refractivity contribution in [1.29, 1.82) is 0 Å². The van der Waals surface area contributed by atoms with Crippen LogP contribution in [0.2, 0.25) is 0 Å². The van der Waals surface area contributed by atoms with Crippen molar-refractivity contribution >= 4 is 29.0 Å². The van der Waals surface area contributed by atoms with Gasteiger partial charge in [0.1, 0.15) is 34.5 Å². The van der Waals surface area contributed by atoms with Crippen LogP contribution in [0.1, 0.15) is 35.1 Å². The number of rotatable bonds is 5. The van der Waals surface area contributed by atoms with Crippen LogP contribution in [0.4, 0.5) is 29.2 Å². The summed E-state index contributed by atoms with van der Waals surface area (Å²) < 4.78 is 56.6. The molecule has 0 saturated heterocycles.